The molecule has 0 radical (unpaired) electrons. The van der Waals surface area contributed by atoms with E-state index in [4.69, 9.17) is 19.3 Å². The minimum atomic E-state index is -1.09. The third-order valence-electron chi connectivity index (χ3n) is 3.94. The maximum absolute atomic E-state index is 12.2. The summed E-state index contributed by atoms with van der Waals surface area (Å²) in [6.07, 6.45) is -1.39. The number of hydrogen-bond donors (Lipinski definition) is 4. The Kier molecular flexibility index (Phi) is 13.1. The third-order valence-corrected chi connectivity index (χ3v) is 3.94. The molecule has 1 rings (SSSR count). The van der Waals surface area contributed by atoms with E-state index >= 15 is 0 Å². The average Bonchev–Trinajstić information content (AvgIpc) is 2.70. The zero-order chi connectivity index (χ0) is 29.0. The van der Waals surface area contributed by atoms with Crippen LogP contribution in [0.4, 0.5) is 15.3 Å². The molecule has 208 valence electrons. The molecule has 0 bridgehead atoms. The van der Waals surface area contributed by atoms with Crippen molar-refractivity contribution in [2.45, 2.75) is 92.2 Å². The van der Waals surface area contributed by atoms with Gasteiger partial charge in [-0.05, 0) is 61.5 Å². The van der Waals surface area contributed by atoms with E-state index in [0.717, 1.165) is 0 Å². The largest absolute Gasteiger partial charge is 0.480 e. The van der Waals surface area contributed by atoms with Crippen LogP contribution < -0.4 is 16.0 Å². The van der Waals surface area contributed by atoms with E-state index in [2.05, 4.69) is 16.0 Å². The molecule has 12 nitrogen and oxygen atoms in total. The molecular formula is C25H39N3O9. The van der Waals surface area contributed by atoms with Gasteiger partial charge in [0.1, 0.15) is 29.9 Å². The molecule has 0 aliphatic rings. The average molecular weight is 526 g/mol. The summed E-state index contributed by atoms with van der Waals surface area (Å²) in [6, 6.07) is 5.23. The van der Waals surface area contributed by atoms with Gasteiger partial charge in [0.05, 0.1) is 0 Å². The monoisotopic (exact) mass is 525 g/mol. The molecule has 4 N–H and O–H groups in total. The number of amides is 3. The number of carboxylic acid groups (broad SMARTS) is 1. The van der Waals surface area contributed by atoms with E-state index in [9.17, 15) is 24.0 Å². The van der Waals surface area contributed by atoms with Crippen molar-refractivity contribution in [3.8, 4) is 0 Å². The van der Waals surface area contributed by atoms with E-state index in [1.165, 1.54) is 13.8 Å². The minimum Gasteiger partial charge on any atom is -0.480 e. The first kappa shape index (κ1) is 33.2. The zero-order valence-electron chi connectivity index (χ0n) is 22.9. The first-order valence-electron chi connectivity index (χ1n) is 11.5. The lowest BCUT2D eigenvalue weighted by molar-refractivity contribution is -0.142. The Bertz CT molecular complexity index is 949. The lowest BCUT2D eigenvalue weighted by Crippen LogP contribution is -2.44. The van der Waals surface area contributed by atoms with Gasteiger partial charge in [-0.15, -0.1) is 0 Å². The number of para-hydroxylation sites is 1. The number of benzene rings is 1. The second-order valence-corrected chi connectivity index (χ2v) is 10.0. The van der Waals surface area contributed by atoms with Crippen molar-refractivity contribution >= 4 is 35.7 Å². The molecule has 0 aliphatic heterocycles. The molecule has 0 aliphatic carbocycles. The Morgan fingerprint density at radius 3 is 1.73 bits per heavy atom. The standard InChI is InChI=1S/C17H24N2O5.C8H15NO4/c1-11(18-16(22)24-17(3,4)5)15(21)19-14-9-7-6-8-13(14)10-23-12(2)20;1-5(6(10)11)9-7(12)13-8(2,3)4/h6-9,11H,10H2,1-5H3,(H,18,22)(H,19,21);5H,1-4H3,(H,9,12)(H,10,11). The Morgan fingerprint density at radius 1 is 0.838 bits per heavy atom. The van der Waals surface area contributed by atoms with Crippen LogP contribution in [0.15, 0.2) is 24.3 Å². The van der Waals surface area contributed by atoms with Crippen molar-refractivity contribution in [2.24, 2.45) is 0 Å². The zero-order valence-corrected chi connectivity index (χ0v) is 22.9. The predicted molar refractivity (Wildman–Crippen MR) is 136 cm³/mol. The number of anilines is 1. The fourth-order valence-electron chi connectivity index (χ4n) is 2.28. The highest BCUT2D eigenvalue weighted by molar-refractivity contribution is 5.96. The molecule has 0 fully saturated rings. The molecule has 1 aromatic carbocycles. The maximum atomic E-state index is 12.2. The van der Waals surface area contributed by atoms with Crippen LogP contribution in [-0.4, -0.2) is 58.4 Å². The van der Waals surface area contributed by atoms with Crippen LogP contribution in [0.3, 0.4) is 0 Å². The summed E-state index contributed by atoms with van der Waals surface area (Å²) in [5.41, 5.74) is -0.0775. The molecular weight excluding hydrogens is 486 g/mol. The van der Waals surface area contributed by atoms with Crippen molar-refractivity contribution in [3.63, 3.8) is 0 Å². The quantitative estimate of drug-likeness (QED) is 0.307. The molecule has 0 heterocycles. The lowest BCUT2D eigenvalue weighted by Gasteiger charge is -2.22. The van der Waals surface area contributed by atoms with Crippen LogP contribution >= 0.6 is 0 Å². The Morgan fingerprint density at radius 2 is 1.30 bits per heavy atom. The lowest BCUT2D eigenvalue weighted by atomic mass is 10.1. The number of hydrogen-bond acceptors (Lipinski definition) is 8. The fraction of sp³-hybridized carbons (Fsp3) is 0.560. The topological polar surface area (TPSA) is 169 Å². The molecule has 0 aromatic heterocycles. The molecule has 2 unspecified atom stereocenters. The highest BCUT2D eigenvalue weighted by Crippen LogP contribution is 2.16. The first-order valence-corrected chi connectivity index (χ1v) is 11.5. The number of rotatable bonds is 7. The van der Waals surface area contributed by atoms with Gasteiger partial charge in [-0.2, -0.15) is 0 Å². The molecule has 37 heavy (non-hydrogen) atoms. The number of ether oxygens (including phenoxy) is 3. The number of aliphatic carboxylic acids is 1. The summed E-state index contributed by atoms with van der Waals surface area (Å²) in [5, 5.41) is 15.8. The molecule has 2 atom stereocenters. The number of esters is 1. The van der Waals surface area contributed by atoms with E-state index in [1.54, 1.807) is 72.7 Å². The van der Waals surface area contributed by atoms with Gasteiger partial charge in [0, 0.05) is 18.2 Å². The number of carbonyl (C=O) groups is 5. The van der Waals surface area contributed by atoms with Crippen molar-refractivity contribution in [3.05, 3.63) is 29.8 Å². The van der Waals surface area contributed by atoms with Crippen LogP contribution in [-0.2, 0) is 35.2 Å². The molecule has 3 amide bonds. The smallest absolute Gasteiger partial charge is 0.408 e. The SMILES string of the molecule is CC(=O)OCc1ccccc1NC(=O)C(C)NC(=O)OC(C)(C)C.CC(NC(=O)OC(C)(C)C)C(=O)O. The highest BCUT2D eigenvalue weighted by atomic mass is 16.6. The van der Waals surface area contributed by atoms with Crippen molar-refractivity contribution in [1.29, 1.82) is 0 Å². The number of nitrogens with one attached hydrogen (secondary N) is 3. The van der Waals surface area contributed by atoms with Crippen molar-refractivity contribution in [2.75, 3.05) is 5.32 Å². The summed E-state index contributed by atoms with van der Waals surface area (Å²) in [7, 11) is 0. The van der Waals surface area contributed by atoms with Gasteiger partial charge in [-0.1, -0.05) is 18.2 Å². The van der Waals surface area contributed by atoms with Gasteiger partial charge in [0.25, 0.3) is 0 Å². The third kappa shape index (κ3) is 16.5. The predicted octanol–water partition coefficient (Wildman–Crippen LogP) is 3.59. The van der Waals surface area contributed by atoms with Crippen molar-refractivity contribution in [1.82, 2.24) is 10.6 Å². The molecule has 0 saturated heterocycles. The van der Waals surface area contributed by atoms with E-state index in [1.807, 2.05) is 0 Å². The van der Waals surface area contributed by atoms with E-state index in [-0.39, 0.29) is 6.61 Å². The van der Waals surface area contributed by atoms with Crippen LogP contribution in [0.5, 0.6) is 0 Å². The molecule has 12 heteroatoms. The van der Waals surface area contributed by atoms with Gasteiger partial charge < -0.3 is 35.3 Å². The van der Waals surface area contributed by atoms with Crippen molar-refractivity contribution < 1.29 is 43.3 Å². The Hall–Kier alpha value is -3.83. The molecule has 0 saturated carbocycles. The Balaban J connectivity index is 0.000000845. The number of carboxylic acids is 1. The van der Waals surface area contributed by atoms with Gasteiger partial charge >= 0.3 is 24.1 Å². The van der Waals surface area contributed by atoms with Crippen LogP contribution in [0.1, 0.15) is 67.9 Å². The Labute approximate surface area is 217 Å². The highest BCUT2D eigenvalue weighted by Gasteiger charge is 2.22. The van der Waals surface area contributed by atoms with Gasteiger partial charge in [-0.25, -0.2) is 9.59 Å². The van der Waals surface area contributed by atoms with Gasteiger partial charge in [-0.3, -0.25) is 14.4 Å². The van der Waals surface area contributed by atoms with E-state index < -0.39 is 53.3 Å². The van der Waals surface area contributed by atoms with Gasteiger partial charge in [0.15, 0.2) is 0 Å². The van der Waals surface area contributed by atoms with Crippen LogP contribution in [0, 0.1) is 0 Å². The summed E-state index contributed by atoms with van der Waals surface area (Å²) >= 11 is 0. The number of alkyl carbamates (subject to hydrolysis) is 2. The summed E-state index contributed by atoms with van der Waals surface area (Å²) < 4.78 is 14.9. The summed E-state index contributed by atoms with van der Waals surface area (Å²) in [4.78, 5) is 56.1. The maximum Gasteiger partial charge on any atom is 0.408 e. The molecule has 0 spiro atoms. The summed E-state index contributed by atoms with van der Waals surface area (Å²) in [6.45, 7) is 14.6. The van der Waals surface area contributed by atoms with Gasteiger partial charge in [0.2, 0.25) is 5.91 Å². The molecule has 1 aromatic rings. The number of carbonyl (C=O) groups excluding carboxylic acids is 4. The minimum absolute atomic E-state index is 0.0552. The van der Waals surface area contributed by atoms with E-state index in [0.29, 0.717) is 11.3 Å². The second-order valence-electron chi connectivity index (χ2n) is 10.0. The van der Waals surface area contributed by atoms with Crippen LogP contribution in [0.25, 0.3) is 0 Å². The first-order chi connectivity index (χ1) is 16.8. The normalized spacial score (nSPS) is 12.5. The fourth-order valence-corrected chi connectivity index (χ4v) is 2.28. The second kappa shape index (κ2) is 14.7. The van der Waals surface area contributed by atoms with Crippen LogP contribution in [0.2, 0.25) is 0 Å². The summed E-state index contributed by atoms with van der Waals surface area (Å²) in [5.74, 6) is -1.90.